The quantitative estimate of drug-likeness (QED) is 0.670. The molecular weight excluding hydrogens is 276 g/mol. The van der Waals surface area contributed by atoms with Gasteiger partial charge >= 0.3 is 0 Å². The highest BCUT2D eigenvalue weighted by molar-refractivity contribution is 6.06. The largest absolute Gasteiger partial charge is 0.497 e. The van der Waals surface area contributed by atoms with E-state index in [4.69, 9.17) is 4.74 Å². The topological polar surface area (TPSA) is 116 Å². The lowest BCUT2D eigenvalue weighted by atomic mass is 10.2. The lowest BCUT2D eigenvalue weighted by Gasteiger charge is -2.06. The zero-order valence-corrected chi connectivity index (χ0v) is 11.4. The van der Waals surface area contributed by atoms with Crippen molar-refractivity contribution in [3.8, 4) is 5.75 Å². The normalized spacial score (nSPS) is 10.0. The number of benzene rings is 1. The molecule has 2 rings (SSSR count). The number of methoxy groups -OCH3 is 1. The van der Waals surface area contributed by atoms with Gasteiger partial charge < -0.3 is 15.4 Å². The maximum Gasteiger partial charge on any atom is 0.290 e. The summed E-state index contributed by atoms with van der Waals surface area (Å²) < 4.78 is 5.00. The highest BCUT2D eigenvalue weighted by Crippen LogP contribution is 2.16. The van der Waals surface area contributed by atoms with Crippen molar-refractivity contribution in [2.24, 2.45) is 0 Å². The van der Waals surface area contributed by atoms with E-state index >= 15 is 0 Å². The molecule has 0 radical (unpaired) electrons. The Labute approximate surface area is 119 Å². The summed E-state index contributed by atoms with van der Waals surface area (Å²) in [6.07, 6.45) is 0. The highest BCUT2D eigenvalue weighted by Gasteiger charge is 2.15. The fourth-order valence-corrected chi connectivity index (χ4v) is 1.67. The first-order valence-corrected chi connectivity index (χ1v) is 6.05. The van der Waals surface area contributed by atoms with Crippen LogP contribution in [0.5, 0.6) is 5.75 Å². The number of hydrogen-bond acceptors (Lipinski definition) is 4. The molecule has 0 aliphatic carbocycles. The van der Waals surface area contributed by atoms with Gasteiger partial charge in [0.15, 0.2) is 11.5 Å². The number of carbonyl (C=O) groups is 2. The van der Waals surface area contributed by atoms with E-state index in [2.05, 4.69) is 20.8 Å². The van der Waals surface area contributed by atoms with Crippen molar-refractivity contribution >= 4 is 23.3 Å². The van der Waals surface area contributed by atoms with Crippen LogP contribution in [0.1, 0.15) is 17.3 Å². The fraction of sp³-hybridized carbons (Fsp3) is 0.154. The number of H-pyrrole nitrogens is 2. The van der Waals surface area contributed by atoms with E-state index in [9.17, 15) is 14.4 Å². The van der Waals surface area contributed by atoms with Crippen molar-refractivity contribution in [1.29, 1.82) is 0 Å². The van der Waals surface area contributed by atoms with E-state index in [1.54, 1.807) is 24.3 Å². The molecule has 0 saturated carbocycles. The molecule has 0 aliphatic heterocycles. The molecule has 1 aromatic heterocycles. The van der Waals surface area contributed by atoms with Crippen LogP contribution in [0.25, 0.3) is 0 Å². The summed E-state index contributed by atoms with van der Waals surface area (Å²) >= 11 is 0. The summed E-state index contributed by atoms with van der Waals surface area (Å²) in [6, 6.07) is 6.39. The van der Waals surface area contributed by atoms with E-state index in [1.807, 2.05) is 0 Å². The third-order valence-corrected chi connectivity index (χ3v) is 2.67. The first-order chi connectivity index (χ1) is 10.0. The van der Waals surface area contributed by atoms with Gasteiger partial charge in [0.2, 0.25) is 5.91 Å². The summed E-state index contributed by atoms with van der Waals surface area (Å²) in [5.41, 5.74) is -0.239. The van der Waals surface area contributed by atoms with Crippen LogP contribution in [0, 0.1) is 0 Å². The molecule has 2 aromatic rings. The van der Waals surface area contributed by atoms with Crippen LogP contribution in [-0.2, 0) is 4.79 Å². The number of ether oxygens (including phenoxy) is 1. The number of carbonyl (C=O) groups excluding carboxylic acids is 2. The van der Waals surface area contributed by atoms with Crippen LogP contribution in [0.3, 0.4) is 0 Å². The Morgan fingerprint density at radius 3 is 2.33 bits per heavy atom. The molecule has 0 atom stereocenters. The van der Waals surface area contributed by atoms with Gasteiger partial charge in [-0.1, -0.05) is 0 Å². The zero-order chi connectivity index (χ0) is 15.4. The third kappa shape index (κ3) is 3.30. The summed E-state index contributed by atoms with van der Waals surface area (Å²) in [6.45, 7) is 1.29. The van der Waals surface area contributed by atoms with Gasteiger partial charge in [0, 0.05) is 12.5 Å². The molecule has 0 bridgehead atoms. The lowest BCUT2D eigenvalue weighted by molar-refractivity contribution is -0.114. The van der Waals surface area contributed by atoms with E-state index in [1.165, 1.54) is 14.0 Å². The van der Waals surface area contributed by atoms with Crippen LogP contribution in [0.2, 0.25) is 0 Å². The minimum absolute atomic E-state index is 0.0500. The first kappa shape index (κ1) is 14.4. The second-order valence-corrected chi connectivity index (χ2v) is 4.19. The molecule has 110 valence electrons. The predicted molar refractivity (Wildman–Crippen MR) is 76.7 cm³/mol. The van der Waals surface area contributed by atoms with Crippen molar-refractivity contribution in [1.82, 2.24) is 10.2 Å². The highest BCUT2D eigenvalue weighted by atomic mass is 16.5. The number of aromatic amines is 2. The Hall–Kier alpha value is -3.03. The average molecular weight is 290 g/mol. The SMILES string of the molecule is COc1ccc(C(=O)Nc2c(NC(C)=O)[nH][nH]c2=O)cc1. The summed E-state index contributed by atoms with van der Waals surface area (Å²) in [5.74, 6) is -0.126. The second-order valence-electron chi connectivity index (χ2n) is 4.19. The number of hydrogen-bond donors (Lipinski definition) is 4. The number of aromatic nitrogens is 2. The molecule has 1 heterocycles. The van der Waals surface area contributed by atoms with Crippen LogP contribution >= 0.6 is 0 Å². The van der Waals surface area contributed by atoms with Crippen molar-refractivity contribution < 1.29 is 14.3 Å². The van der Waals surface area contributed by atoms with Crippen molar-refractivity contribution in [2.75, 3.05) is 17.7 Å². The van der Waals surface area contributed by atoms with Gasteiger partial charge in [0.05, 0.1) is 7.11 Å². The lowest BCUT2D eigenvalue weighted by Crippen LogP contribution is -2.18. The Morgan fingerprint density at radius 1 is 1.10 bits per heavy atom. The second kappa shape index (κ2) is 5.95. The van der Waals surface area contributed by atoms with Gasteiger partial charge in [-0.3, -0.25) is 24.6 Å². The summed E-state index contributed by atoms with van der Waals surface area (Å²) in [7, 11) is 1.52. The molecule has 0 fully saturated rings. The van der Waals surface area contributed by atoms with Gasteiger partial charge in [0.25, 0.3) is 11.5 Å². The molecule has 0 saturated heterocycles. The number of nitrogens with one attached hydrogen (secondary N) is 4. The molecule has 8 heteroatoms. The van der Waals surface area contributed by atoms with Crippen molar-refractivity contribution in [2.45, 2.75) is 6.92 Å². The third-order valence-electron chi connectivity index (χ3n) is 2.67. The predicted octanol–water partition coefficient (Wildman–Crippen LogP) is 0.922. The van der Waals surface area contributed by atoms with Gasteiger partial charge in [-0.25, -0.2) is 0 Å². The molecule has 21 heavy (non-hydrogen) atoms. The van der Waals surface area contributed by atoms with Crippen LogP contribution in [0.15, 0.2) is 29.1 Å². The summed E-state index contributed by atoms with van der Waals surface area (Å²) in [5, 5.41) is 9.62. The number of anilines is 2. The fourth-order valence-electron chi connectivity index (χ4n) is 1.67. The van der Waals surface area contributed by atoms with Crippen molar-refractivity contribution in [3.63, 3.8) is 0 Å². The molecule has 0 aliphatic rings. The number of rotatable bonds is 4. The molecule has 0 spiro atoms. The summed E-state index contributed by atoms with van der Waals surface area (Å²) in [4.78, 5) is 34.7. The molecule has 2 amide bonds. The molecule has 8 nitrogen and oxygen atoms in total. The maximum atomic E-state index is 12.1. The molecule has 0 unspecified atom stereocenters. The van der Waals surface area contributed by atoms with E-state index in [0.29, 0.717) is 11.3 Å². The zero-order valence-electron chi connectivity index (χ0n) is 11.4. The monoisotopic (exact) mass is 290 g/mol. The standard InChI is InChI=1S/C13H14N4O4/c1-7(18)14-11-10(13(20)17-16-11)15-12(19)8-3-5-9(21-2)6-4-8/h3-6H,1-2H3,(H,15,19)(H3,14,16,17,18,20). The van der Waals surface area contributed by atoms with Gasteiger partial charge in [0.1, 0.15) is 5.75 Å². The smallest absolute Gasteiger partial charge is 0.290 e. The Kier molecular flexibility index (Phi) is 4.07. The Bertz CT molecular complexity index is 715. The number of amides is 2. The van der Waals surface area contributed by atoms with E-state index in [-0.39, 0.29) is 17.4 Å². The van der Waals surface area contributed by atoms with Gasteiger partial charge in [-0.15, -0.1) is 0 Å². The minimum atomic E-state index is -0.541. The van der Waals surface area contributed by atoms with Gasteiger partial charge in [-0.05, 0) is 24.3 Å². The maximum absolute atomic E-state index is 12.1. The molecule has 4 N–H and O–H groups in total. The average Bonchev–Trinajstić information content (AvgIpc) is 2.79. The molecular formula is C13H14N4O4. The van der Waals surface area contributed by atoms with E-state index in [0.717, 1.165) is 0 Å². The Balaban J connectivity index is 2.20. The Morgan fingerprint density at radius 2 is 1.76 bits per heavy atom. The molecule has 1 aromatic carbocycles. The van der Waals surface area contributed by atoms with Gasteiger partial charge in [-0.2, -0.15) is 0 Å². The van der Waals surface area contributed by atoms with Crippen molar-refractivity contribution in [3.05, 3.63) is 40.2 Å². The van der Waals surface area contributed by atoms with Crippen LogP contribution in [0.4, 0.5) is 11.5 Å². The minimum Gasteiger partial charge on any atom is -0.497 e. The van der Waals surface area contributed by atoms with Crippen LogP contribution in [-0.4, -0.2) is 29.1 Å². The van der Waals surface area contributed by atoms with E-state index < -0.39 is 11.5 Å². The first-order valence-electron chi connectivity index (χ1n) is 6.05. The van der Waals surface area contributed by atoms with Crippen LogP contribution < -0.4 is 20.9 Å².